The van der Waals surface area contributed by atoms with Gasteiger partial charge < -0.3 is 57.0 Å². The van der Waals surface area contributed by atoms with Crippen LogP contribution >= 0.6 is 0 Å². The number of nitrogens with two attached hydrogens (primary N) is 2. The average Bonchev–Trinajstić information content (AvgIpc) is 3.27. The quantitative estimate of drug-likeness (QED) is 0.0490. The molecule has 0 aliphatic heterocycles. The van der Waals surface area contributed by atoms with Crippen LogP contribution in [0.5, 0.6) is 11.5 Å². The van der Waals surface area contributed by atoms with Crippen LogP contribution in [0.1, 0.15) is 70.4 Å². The molecule has 0 aromatic heterocycles. The molecule has 0 bridgehead atoms. The van der Waals surface area contributed by atoms with Gasteiger partial charge in [-0.1, -0.05) is 60.7 Å². The second-order valence-electron chi connectivity index (χ2n) is 13.8. The highest BCUT2D eigenvalue weighted by Gasteiger charge is 2.25. The Labute approximate surface area is 354 Å². The first-order chi connectivity index (χ1) is 29.5. The summed E-state index contributed by atoms with van der Waals surface area (Å²) in [7, 11) is 2.75. The van der Waals surface area contributed by atoms with Gasteiger partial charge in [-0.05, 0) is 86.1 Å². The lowest BCUT2D eigenvalue weighted by molar-refractivity contribution is -0.118. The number of nitrogens with one attached hydrogen (secondary N) is 5. The number of primary amides is 1. The average molecular weight is 840 g/mol. The van der Waals surface area contributed by atoms with Crippen molar-refractivity contribution in [2.45, 2.75) is 63.8 Å². The number of unbranched alkanes of at least 4 members (excludes halogenated alkanes) is 2. The Hall–Kier alpha value is -7.14. The molecular formula is C44H53N7O10. The smallest absolute Gasteiger partial charge is 0.407 e. The monoisotopic (exact) mass is 839 g/mol. The van der Waals surface area contributed by atoms with Crippen LogP contribution in [0.4, 0.5) is 21.0 Å². The Morgan fingerprint density at radius 2 is 1.07 bits per heavy atom. The van der Waals surface area contributed by atoms with Crippen molar-refractivity contribution in [2.75, 3.05) is 37.9 Å². The second kappa shape index (κ2) is 24.7. The van der Waals surface area contributed by atoms with Crippen LogP contribution in [0.3, 0.4) is 0 Å². The fraction of sp³-hybridized carbons (Fsp3) is 0.318. The fourth-order valence-corrected chi connectivity index (χ4v) is 5.93. The molecule has 0 radical (unpaired) electrons. The predicted octanol–water partition coefficient (Wildman–Crippen LogP) is 5.00. The van der Waals surface area contributed by atoms with E-state index < -0.39 is 47.9 Å². The van der Waals surface area contributed by atoms with Gasteiger partial charge in [-0.15, -0.1) is 0 Å². The summed E-state index contributed by atoms with van der Waals surface area (Å²) in [6.45, 7) is 0.851. The molecule has 4 aromatic rings. The van der Waals surface area contributed by atoms with Crippen LogP contribution in [0, 0.1) is 0 Å². The van der Waals surface area contributed by atoms with E-state index in [2.05, 4.69) is 26.6 Å². The molecule has 2 atom stereocenters. The first kappa shape index (κ1) is 46.5. The van der Waals surface area contributed by atoms with E-state index in [-0.39, 0.29) is 60.2 Å². The van der Waals surface area contributed by atoms with E-state index in [0.717, 1.165) is 11.1 Å². The molecule has 9 N–H and O–H groups in total. The summed E-state index contributed by atoms with van der Waals surface area (Å²) in [5.74, 6) is -2.14. The van der Waals surface area contributed by atoms with Crippen LogP contribution in [0.25, 0.3) is 0 Å². The minimum absolute atomic E-state index is 0.0280. The molecule has 17 nitrogen and oxygen atoms in total. The third-order valence-electron chi connectivity index (χ3n) is 9.23. The van der Waals surface area contributed by atoms with Gasteiger partial charge in [-0.2, -0.15) is 0 Å². The fourth-order valence-electron chi connectivity index (χ4n) is 5.93. The zero-order valence-corrected chi connectivity index (χ0v) is 34.2. The van der Waals surface area contributed by atoms with Crippen LogP contribution < -0.4 is 47.5 Å². The topological polar surface area (TPSA) is 252 Å². The van der Waals surface area contributed by atoms with Crippen molar-refractivity contribution < 1.29 is 47.7 Å². The molecule has 17 heteroatoms. The number of ether oxygens (including phenoxy) is 4. The van der Waals surface area contributed by atoms with Gasteiger partial charge in [0.15, 0.2) is 0 Å². The van der Waals surface area contributed by atoms with Gasteiger partial charge in [0.1, 0.15) is 30.8 Å². The molecule has 0 fully saturated rings. The van der Waals surface area contributed by atoms with Crippen molar-refractivity contribution in [2.24, 2.45) is 11.5 Å². The Morgan fingerprint density at radius 3 is 1.57 bits per heavy atom. The summed E-state index contributed by atoms with van der Waals surface area (Å²) in [5.41, 5.74) is 14.0. The van der Waals surface area contributed by atoms with E-state index in [0.29, 0.717) is 38.6 Å². The minimum atomic E-state index is -1.10. The lowest BCUT2D eigenvalue weighted by Crippen LogP contribution is -2.44. The Kier molecular flexibility index (Phi) is 18.9. The number of anilines is 2. The Bertz CT molecular complexity index is 2090. The molecule has 324 valence electrons. The van der Waals surface area contributed by atoms with Gasteiger partial charge in [0, 0.05) is 24.5 Å². The summed E-state index contributed by atoms with van der Waals surface area (Å²) in [5, 5.41) is 13.6. The molecule has 0 aliphatic rings. The SMILES string of the molecule is COc1ccc(NC(=O)[C@H](CCCCNC(=O)OCc2ccccc2)NC(=O)c2cc(NC(=O)C(N)CCCCNC(=O)OCc3ccccc3)ccc2OC)cc1C(N)=O. The molecule has 61 heavy (non-hydrogen) atoms. The van der Waals surface area contributed by atoms with Crippen molar-refractivity contribution >= 4 is 47.2 Å². The minimum Gasteiger partial charge on any atom is -0.496 e. The highest BCUT2D eigenvalue weighted by Crippen LogP contribution is 2.25. The maximum Gasteiger partial charge on any atom is 0.407 e. The molecule has 0 heterocycles. The lowest BCUT2D eigenvalue weighted by atomic mass is 10.1. The third kappa shape index (κ3) is 15.9. The molecule has 6 amide bonds. The van der Waals surface area contributed by atoms with Crippen molar-refractivity contribution in [3.05, 3.63) is 119 Å². The van der Waals surface area contributed by atoms with Gasteiger partial charge in [0.05, 0.1) is 31.4 Å². The zero-order chi connectivity index (χ0) is 44.0. The second-order valence-corrected chi connectivity index (χ2v) is 13.8. The summed E-state index contributed by atoms with van der Waals surface area (Å²) < 4.78 is 21.1. The largest absolute Gasteiger partial charge is 0.496 e. The van der Waals surface area contributed by atoms with Gasteiger partial charge in [0.2, 0.25) is 11.8 Å². The van der Waals surface area contributed by atoms with E-state index in [1.807, 2.05) is 60.7 Å². The van der Waals surface area contributed by atoms with Crippen LogP contribution in [-0.2, 0) is 32.3 Å². The number of rotatable bonds is 23. The van der Waals surface area contributed by atoms with Gasteiger partial charge in [0.25, 0.3) is 11.8 Å². The number of alkyl carbamates (subject to hydrolysis) is 2. The standard InChI is InChI=1S/C44H53N7O10/c1-58-37-21-19-31(25-33(37)39(46)52)50-42(55)36(18-10-12-24-48-44(57)61-28-30-15-7-4-8-16-30)51-40(53)34-26-32(20-22-38(34)59-2)49-41(54)35(45)17-9-11-23-47-43(56)60-27-29-13-5-3-6-14-29/h3-8,13-16,19-22,25-26,35-36H,9-12,17-18,23-24,27-28,45H2,1-2H3,(H2,46,52)(H,47,56)(H,48,57)(H,49,54)(H,50,55)(H,51,53)/t35?,36-/m0/s1. The van der Waals surface area contributed by atoms with E-state index in [1.165, 1.54) is 44.6 Å². The molecule has 0 saturated heterocycles. The highest BCUT2D eigenvalue weighted by molar-refractivity contribution is 6.04. The summed E-state index contributed by atoms with van der Waals surface area (Å²) in [6.07, 6.45) is 1.28. The number of hydrogen-bond acceptors (Lipinski definition) is 11. The zero-order valence-electron chi connectivity index (χ0n) is 34.2. The number of amides is 6. The third-order valence-corrected chi connectivity index (χ3v) is 9.23. The van der Waals surface area contributed by atoms with Crippen molar-refractivity contribution in [1.29, 1.82) is 0 Å². The van der Waals surface area contributed by atoms with Gasteiger partial charge in [-0.3, -0.25) is 19.2 Å². The molecule has 0 aliphatic carbocycles. The number of hydrogen-bond donors (Lipinski definition) is 7. The van der Waals surface area contributed by atoms with Crippen molar-refractivity contribution in [1.82, 2.24) is 16.0 Å². The van der Waals surface area contributed by atoms with Crippen LogP contribution in [-0.4, -0.2) is 75.2 Å². The first-order valence-electron chi connectivity index (χ1n) is 19.7. The normalized spacial score (nSPS) is 11.5. The molecule has 0 spiro atoms. The number of carbonyl (C=O) groups excluding carboxylic acids is 6. The molecule has 0 saturated carbocycles. The molecule has 4 rings (SSSR count). The maximum absolute atomic E-state index is 13.8. The summed E-state index contributed by atoms with van der Waals surface area (Å²) in [6, 6.07) is 25.4. The van der Waals surface area contributed by atoms with Crippen molar-refractivity contribution in [3.63, 3.8) is 0 Å². The van der Waals surface area contributed by atoms with E-state index in [1.54, 1.807) is 6.07 Å². The van der Waals surface area contributed by atoms with E-state index in [9.17, 15) is 28.8 Å². The van der Waals surface area contributed by atoms with E-state index >= 15 is 0 Å². The first-order valence-corrected chi connectivity index (χ1v) is 19.7. The Balaban J connectivity index is 1.33. The van der Waals surface area contributed by atoms with Crippen LogP contribution in [0.2, 0.25) is 0 Å². The molecule has 1 unspecified atom stereocenters. The number of methoxy groups -OCH3 is 2. The summed E-state index contributed by atoms with van der Waals surface area (Å²) >= 11 is 0. The highest BCUT2D eigenvalue weighted by atomic mass is 16.6. The van der Waals surface area contributed by atoms with Gasteiger partial charge in [-0.25, -0.2) is 9.59 Å². The molecular weight excluding hydrogens is 787 g/mol. The Morgan fingerprint density at radius 1 is 0.590 bits per heavy atom. The number of benzene rings is 4. The van der Waals surface area contributed by atoms with E-state index in [4.69, 9.17) is 30.4 Å². The molecule has 4 aromatic carbocycles. The lowest BCUT2D eigenvalue weighted by Gasteiger charge is -2.20. The maximum atomic E-state index is 13.8. The predicted molar refractivity (Wildman–Crippen MR) is 228 cm³/mol. The number of carbonyl (C=O) groups is 6. The van der Waals surface area contributed by atoms with Crippen LogP contribution in [0.15, 0.2) is 97.1 Å². The van der Waals surface area contributed by atoms with Gasteiger partial charge >= 0.3 is 12.2 Å². The van der Waals surface area contributed by atoms with Crippen molar-refractivity contribution in [3.8, 4) is 11.5 Å². The summed E-state index contributed by atoms with van der Waals surface area (Å²) in [4.78, 5) is 76.8.